The molecular weight excluding hydrogens is 166 g/mol. The Morgan fingerprint density at radius 1 is 1.58 bits per heavy atom. The largest absolute Gasteiger partial charge is 0.324 e. The third-order valence-electron chi connectivity index (χ3n) is 2.52. The molecule has 0 amide bonds. The van der Waals surface area contributed by atoms with Crippen molar-refractivity contribution in [1.29, 1.82) is 0 Å². The molecule has 1 rings (SSSR count). The van der Waals surface area contributed by atoms with Gasteiger partial charge in [-0.1, -0.05) is 20.3 Å². The van der Waals surface area contributed by atoms with Crippen LogP contribution in [0.25, 0.3) is 0 Å². The number of aryl methyl sites for hydroxylation is 1. The molecule has 2 N–H and O–H groups in total. The van der Waals surface area contributed by atoms with Crippen molar-refractivity contribution in [3.63, 3.8) is 0 Å². The molecule has 2 atom stereocenters. The summed E-state index contributed by atoms with van der Waals surface area (Å²) in [4.78, 5) is 1.36. The Bertz CT molecular complexity index is 242. The first-order valence-electron chi connectivity index (χ1n) is 4.46. The van der Waals surface area contributed by atoms with E-state index in [-0.39, 0.29) is 6.04 Å². The van der Waals surface area contributed by atoms with Gasteiger partial charge in [-0.25, -0.2) is 0 Å². The summed E-state index contributed by atoms with van der Waals surface area (Å²) in [5.41, 5.74) is 7.43. The average Bonchev–Trinajstić information content (AvgIpc) is 2.48. The highest BCUT2D eigenvalue weighted by Crippen LogP contribution is 2.27. The molecule has 0 aromatic carbocycles. The van der Waals surface area contributed by atoms with Crippen molar-refractivity contribution >= 4 is 11.3 Å². The number of hydrogen-bond acceptors (Lipinski definition) is 2. The van der Waals surface area contributed by atoms with Crippen molar-refractivity contribution < 1.29 is 0 Å². The second kappa shape index (κ2) is 4.06. The standard InChI is InChI=1S/C10H17NS/c1-4-7(2)10(11)9-5-6-12-8(9)3/h5-7,10H,4,11H2,1-3H3. The molecule has 0 aliphatic carbocycles. The zero-order valence-corrected chi connectivity index (χ0v) is 8.82. The van der Waals surface area contributed by atoms with Crippen LogP contribution in [0, 0.1) is 12.8 Å². The molecule has 1 heterocycles. The Balaban J connectivity index is 2.77. The molecule has 0 spiro atoms. The Morgan fingerprint density at radius 3 is 2.67 bits per heavy atom. The molecule has 0 aliphatic heterocycles. The summed E-state index contributed by atoms with van der Waals surface area (Å²) in [5, 5.41) is 2.12. The van der Waals surface area contributed by atoms with Crippen LogP contribution in [0.2, 0.25) is 0 Å². The Labute approximate surface area is 78.6 Å². The summed E-state index contributed by atoms with van der Waals surface area (Å²) in [6.07, 6.45) is 1.15. The molecule has 1 aromatic heterocycles. The second-order valence-corrected chi connectivity index (χ2v) is 4.46. The van der Waals surface area contributed by atoms with E-state index in [0.717, 1.165) is 6.42 Å². The number of hydrogen-bond donors (Lipinski definition) is 1. The minimum Gasteiger partial charge on any atom is -0.324 e. The molecular formula is C10H17NS. The number of rotatable bonds is 3. The number of thiophene rings is 1. The summed E-state index contributed by atoms with van der Waals surface area (Å²) in [5.74, 6) is 0.582. The van der Waals surface area contributed by atoms with Gasteiger partial charge in [-0.05, 0) is 29.9 Å². The molecule has 68 valence electrons. The predicted octanol–water partition coefficient (Wildman–Crippen LogP) is 3.10. The molecule has 0 aliphatic rings. The fourth-order valence-corrected chi connectivity index (χ4v) is 2.06. The van der Waals surface area contributed by atoms with Gasteiger partial charge in [-0.15, -0.1) is 11.3 Å². The van der Waals surface area contributed by atoms with Crippen LogP contribution in [0.5, 0.6) is 0 Å². The zero-order valence-electron chi connectivity index (χ0n) is 8.00. The Kier molecular flexibility index (Phi) is 3.29. The van der Waals surface area contributed by atoms with Gasteiger partial charge in [0.25, 0.3) is 0 Å². The van der Waals surface area contributed by atoms with E-state index >= 15 is 0 Å². The highest BCUT2D eigenvalue weighted by Gasteiger charge is 2.15. The van der Waals surface area contributed by atoms with Crippen molar-refractivity contribution in [2.75, 3.05) is 0 Å². The summed E-state index contributed by atoms with van der Waals surface area (Å²) < 4.78 is 0. The maximum atomic E-state index is 6.10. The fraction of sp³-hybridized carbons (Fsp3) is 0.600. The van der Waals surface area contributed by atoms with E-state index < -0.39 is 0 Å². The van der Waals surface area contributed by atoms with Gasteiger partial charge in [0.2, 0.25) is 0 Å². The van der Waals surface area contributed by atoms with Gasteiger partial charge < -0.3 is 5.73 Å². The third-order valence-corrected chi connectivity index (χ3v) is 3.38. The van der Waals surface area contributed by atoms with Crippen LogP contribution in [0.1, 0.15) is 36.8 Å². The molecule has 0 saturated carbocycles. The van der Waals surface area contributed by atoms with E-state index in [1.165, 1.54) is 10.4 Å². The van der Waals surface area contributed by atoms with Crippen molar-refractivity contribution in [1.82, 2.24) is 0 Å². The van der Waals surface area contributed by atoms with E-state index in [1.807, 2.05) is 0 Å². The molecule has 2 unspecified atom stereocenters. The van der Waals surface area contributed by atoms with Crippen LogP contribution < -0.4 is 5.73 Å². The molecule has 1 nitrogen and oxygen atoms in total. The van der Waals surface area contributed by atoms with Gasteiger partial charge in [0.1, 0.15) is 0 Å². The topological polar surface area (TPSA) is 26.0 Å². The molecule has 0 saturated heterocycles. The van der Waals surface area contributed by atoms with Crippen LogP contribution in [0.4, 0.5) is 0 Å². The number of nitrogens with two attached hydrogens (primary N) is 1. The predicted molar refractivity (Wildman–Crippen MR) is 55.4 cm³/mol. The first-order chi connectivity index (χ1) is 5.66. The smallest absolute Gasteiger partial charge is 0.0331 e. The highest BCUT2D eigenvalue weighted by atomic mass is 32.1. The summed E-state index contributed by atoms with van der Waals surface area (Å²) >= 11 is 1.78. The van der Waals surface area contributed by atoms with Crippen molar-refractivity contribution in [3.05, 3.63) is 21.9 Å². The summed E-state index contributed by atoms with van der Waals surface area (Å²) in [6.45, 7) is 6.54. The molecule has 12 heavy (non-hydrogen) atoms. The van der Waals surface area contributed by atoms with Gasteiger partial charge in [0.15, 0.2) is 0 Å². The van der Waals surface area contributed by atoms with Crippen molar-refractivity contribution in [3.8, 4) is 0 Å². The SMILES string of the molecule is CCC(C)C(N)c1ccsc1C. The Hall–Kier alpha value is -0.340. The maximum Gasteiger partial charge on any atom is 0.0331 e. The van der Waals surface area contributed by atoms with E-state index in [4.69, 9.17) is 5.73 Å². The lowest BCUT2D eigenvalue weighted by molar-refractivity contribution is 0.456. The van der Waals surface area contributed by atoms with Crippen molar-refractivity contribution in [2.24, 2.45) is 11.7 Å². The van der Waals surface area contributed by atoms with E-state index in [1.54, 1.807) is 11.3 Å². The van der Waals surface area contributed by atoms with Crippen LogP contribution >= 0.6 is 11.3 Å². The first kappa shape index (κ1) is 9.75. The van der Waals surface area contributed by atoms with Gasteiger partial charge >= 0.3 is 0 Å². The highest BCUT2D eigenvalue weighted by molar-refractivity contribution is 7.10. The summed E-state index contributed by atoms with van der Waals surface area (Å²) in [7, 11) is 0. The van der Waals surface area contributed by atoms with Crippen LogP contribution in [0.15, 0.2) is 11.4 Å². The van der Waals surface area contributed by atoms with Gasteiger partial charge in [0.05, 0.1) is 0 Å². The lowest BCUT2D eigenvalue weighted by Crippen LogP contribution is -2.18. The van der Waals surface area contributed by atoms with Crippen LogP contribution in [-0.2, 0) is 0 Å². The molecule has 2 heteroatoms. The average molecular weight is 183 g/mol. The van der Waals surface area contributed by atoms with Crippen LogP contribution in [-0.4, -0.2) is 0 Å². The molecule has 0 radical (unpaired) electrons. The van der Waals surface area contributed by atoms with E-state index in [2.05, 4.69) is 32.2 Å². The minimum atomic E-state index is 0.223. The van der Waals surface area contributed by atoms with Gasteiger partial charge in [-0.3, -0.25) is 0 Å². The lowest BCUT2D eigenvalue weighted by atomic mass is 9.94. The first-order valence-corrected chi connectivity index (χ1v) is 5.34. The second-order valence-electron chi connectivity index (χ2n) is 3.34. The third kappa shape index (κ3) is 1.87. The zero-order chi connectivity index (χ0) is 9.14. The van der Waals surface area contributed by atoms with Gasteiger partial charge in [-0.2, -0.15) is 0 Å². The van der Waals surface area contributed by atoms with Crippen molar-refractivity contribution in [2.45, 2.75) is 33.2 Å². The fourth-order valence-electron chi connectivity index (χ4n) is 1.30. The minimum absolute atomic E-state index is 0.223. The van der Waals surface area contributed by atoms with E-state index in [0.29, 0.717) is 5.92 Å². The Morgan fingerprint density at radius 2 is 2.25 bits per heavy atom. The monoisotopic (exact) mass is 183 g/mol. The quantitative estimate of drug-likeness (QED) is 0.765. The normalized spacial score (nSPS) is 16.0. The maximum absolute atomic E-state index is 6.10. The lowest BCUT2D eigenvalue weighted by Gasteiger charge is -2.18. The molecule has 0 bridgehead atoms. The molecule has 0 fully saturated rings. The van der Waals surface area contributed by atoms with Crippen LogP contribution in [0.3, 0.4) is 0 Å². The summed E-state index contributed by atoms with van der Waals surface area (Å²) in [6, 6.07) is 2.37. The van der Waals surface area contributed by atoms with E-state index in [9.17, 15) is 0 Å². The molecule has 1 aromatic rings. The van der Waals surface area contributed by atoms with Gasteiger partial charge in [0, 0.05) is 10.9 Å².